The molecule has 1 aliphatic rings. The number of aryl methyl sites for hydroxylation is 1. The first kappa shape index (κ1) is 22.7. The molecule has 2 aromatic rings. The molecule has 1 saturated heterocycles. The number of rotatable bonds is 8. The maximum absolute atomic E-state index is 12.8. The molecule has 2 amide bonds. The summed E-state index contributed by atoms with van der Waals surface area (Å²) in [4.78, 5) is 38.2. The van der Waals surface area contributed by atoms with Gasteiger partial charge in [-0.25, -0.2) is 9.97 Å². The van der Waals surface area contributed by atoms with Gasteiger partial charge >= 0.3 is 0 Å². The number of amides is 2. The zero-order valence-electron chi connectivity index (χ0n) is 19.0. The van der Waals surface area contributed by atoms with Gasteiger partial charge < -0.3 is 15.1 Å². The number of hydrogen-bond acceptors (Lipinski definition) is 5. The average molecular weight is 424 g/mol. The highest BCUT2D eigenvalue weighted by Gasteiger charge is 2.31. The van der Waals surface area contributed by atoms with Crippen LogP contribution in [0.3, 0.4) is 0 Å². The Labute approximate surface area is 184 Å². The second-order valence-electron chi connectivity index (χ2n) is 8.66. The van der Waals surface area contributed by atoms with Gasteiger partial charge in [-0.3, -0.25) is 9.59 Å². The Morgan fingerprint density at radius 1 is 1.23 bits per heavy atom. The normalized spacial score (nSPS) is 15.9. The van der Waals surface area contributed by atoms with Gasteiger partial charge in [0, 0.05) is 51.8 Å². The second-order valence-corrected chi connectivity index (χ2v) is 8.66. The van der Waals surface area contributed by atoms with Crippen molar-refractivity contribution in [2.24, 2.45) is 0 Å². The first-order valence-electron chi connectivity index (χ1n) is 11.0. The molecule has 0 saturated carbocycles. The number of benzene rings is 1. The van der Waals surface area contributed by atoms with E-state index in [0.29, 0.717) is 31.0 Å². The van der Waals surface area contributed by atoms with Crippen LogP contribution in [0.25, 0.3) is 0 Å². The van der Waals surface area contributed by atoms with Gasteiger partial charge in [-0.05, 0) is 38.7 Å². The molecule has 3 rings (SSSR count). The van der Waals surface area contributed by atoms with Crippen molar-refractivity contribution >= 4 is 17.8 Å². The lowest BCUT2D eigenvalue weighted by Gasteiger charge is -2.20. The largest absolute Gasteiger partial charge is 0.350 e. The van der Waals surface area contributed by atoms with Crippen molar-refractivity contribution in [3.63, 3.8) is 0 Å². The Hall–Kier alpha value is -2.96. The first-order valence-corrected chi connectivity index (χ1v) is 11.0. The smallest absolute Gasteiger partial charge is 0.254 e. The van der Waals surface area contributed by atoms with Crippen LogP contribution in [0, 0.1) is 0 Å². The molecule has 31 heavy (non-hydrogen) atoms. The van der Waals surface area contributed by atoms with Gasteiger partial charge in [0.2, 0.25) is 11.9 Å². The predicted molar refractivity (Wildman–Crippen MR) is 122 cm³/mol. The molecule has 1 aromatic carbocycles. The molecule has 1 N–H and O–H groups in total. The van der Waals surface area contributed by atoms with Crippen molar-refractivity contribution in [2.75, 3.05) is 32.1 Å². The van der Waals surface area contributed by atoms with Crippen LogP contribution in [-0.4, -0.2) is 59.9 Å². The molecule has 1 aliphatic heterocycles. The Kier molecular flexibility index (Phi) is 7.60. The zero-order valence-corrected chi connectivity index (χ0v) is 19.0. The maximum Gasteiger partial charge on any atom is 0.254 e. The van der Waals surface area contributed by atoms with Gasteiger partial charge in [0.05, 0.1) is 11.3 Å². The van der Waals surface area contributed by atoms with Crippen LogP contribution in [0.15, 0.2) is 36.5 Å². The Balaban J connectivity index is 1.66. The van der Waals surface area contributed by atoms with Crippen LogP contribution in [0.5, 0.6) is 0 Å². The number of nitrogens with one attached hydrogen (secondary N) is 1. The molecule has 0 spiro atoms. The minimum Gasteiger partial charge on any atom is -0.350 e. The fraction of sp³-hybridized carbons (Fsp3) is 0.500. The third-order valence-electron chi connectivity index (χ3n) is 5.50. The van der Waals surface area contributed by atoms with E-state index in [1.165, 1.54) is 5.56 Å². The molecule has 166 valence electrons. The number of carbonyl (C=O) groups is 2. The lowest BCUT2D eigenvalue weighted by atomic mass is 9.99. The average Bonchev–Trinajstić information content (AvgIpc) is 3.24. The third-order valence-corrected chi connectivity index (χ3v) is 5.50. The van der Waals surface area contributed by atoms with E-state index in [9.17, 15) is 9.59 Å². The second kappa shape index (κ2) is 10.4. The fourth-order valence-electron chi connectivity index (χ4n) is 3.88. The summed E-state index contributed by atoms with van der Waals surface area (Å²) >= 11 is 0. The van der Waals surface area contributed by atoms with Crippen LogP contribution in [0.1, 0.15) is 60.6 Å². The van der Waals surface area contributed by atoms with Crippen molar-refractivity contribution < 1.29 is 9.59 Å². The van der Waals surface area contributed by atoms with E-state index in [1.54, 1.807) is 6.20 Å². The van der Waals surface area contributed by atoms with Crippen LogP contribution >= 0.6 is 0 Å². The van der Waals surface area contributed by atoms with Crippen molar-refractivity contribution in [3.05, 3.63) is 53.3 Å². The van der Waals surface area contributed by atoms with Gasteiger partial charge in [-0.15, -0.1) is 0 Å². The van der Waals surface area contributed by atoms with Crippen LogP contribution in [0.4, 0.5) is 5.95 Å². The van der Waals surface area contributed by atoms with Gasteiger partial charge in [0.1, 0.15) is 0 Å². The number of likely N-dealkylation sites (tertiary alicyclic amines) is 1. The summed E-state index contributed by atoms with van der Waals surface area (Å²) in [6.45, 7) is 5.15. The number of nitrogens with zero attached hydrogens (tertiary/aromatic N) is 4. The molecule has 1 aromatic heterocycles. The Morgan fingerprint density at radius 2 is 1.97 bits per heavy atom. The molecule has 0 bridgehead atoms. The molecular formula is C24H33N5O2. The van der Waals surface area contributed by atoms with Gasteiger partial charge in [-0.1, -0.05) is 30.3 Å². The summed E-state index contributed by atoms with van der Waals surface area (Å²) in [6.07, 6.45) is 4.69. The maximum atomic E-state index is 12.8. The lowest BCUT2D eigenvalue weighted by molar-refractivity contribution is -0.130. The Morgan fingerprint density at radius 3 is 2.65 bits per heavy atom. The number of hydrogen-bond donors (Lipinski definition) is 1. The minimum absolute atomic E-state index is 0.0279. The standard InChI is InChI=1S/C24H33N5O2/c1-17(2)26-23(31)20-15-25-24(28(3)4)27-22(20)19-13-14-29(16-19)21(30)12-8-11-18-9-6-5-7-10-18/h5-7,9-10,15,17,19H,8,11-14,16H2,1-4H3,(H,26,31). The lowest BCUT2D eigenvalue weighted by Crippen LogP contribution is -2.32. The van der Waals surface area contributed by atoms with Crippen LogP contribution < -0.4 is 10.2 Å². The molecule has 1 atom stereocenters. The molecule has 7 heteroatoms. The SMILES string of the molecule is CC(C)NC(=O)c1cnc(N(C)C)nc1C1CCN(C(=O)CCCc2ccccc2)C1. The van der Waals surface area contributed by atoms with Gasteiger partial charge in [-0.2, -0.15) is 0 Å². The number of carbonyl (C=O) groups excluding carboxylic acids is 2. The third kappa shape index (κ3) is 6.03. The van der Waals surface area contributed by atoms with Gasteiger partial charge in [0.15, 0.2) is 0 Å². The van der Waals surface area contributed by atoms with Crippen molar-refractivity contribution in [2.45, 2.75) is 51.5 Å². The highest BCUT2D eigenvalue weighted by molar-refractivity contribution is 5.95. The summed E-state index contributed by atoms with van der Waals surface area (Å²) in [5.74, 6) is 0.618. The molecule has 2 heterocycles. The summed E-state index contributed by atoms with van der Waals surface area (Å²) in [5, 5.41) is 2.94. The summed E-state index contributed by atoms with van der Waals surface area (Å²) in [5.41, 5.74) is 2.49. The number of aromatic nitrogens is 2. The molecule has 0 aliphatic carbocycles. The van der Waals surface area contributed by atoms with E-state index in [1.807, 2.05) is 55.9 Å². The van der Waals surface area contributed by atoms with E-state index in [-0.39, 0.29) is 23.8 Å². The predicted octanol–water partition coefficient (Wildman–Crippen LogP) is 3.02. The first-order chi connectivity index (χ1) is 14.8. The molecule has 1 unspecified atom stereocenters. The number of anilines is 1. The molecule has 1 fully saturated rings. The summed E-state index contributed by atoms with van der Waals surface area (Å²) in [7, 11) is 3.76. The summed E-state index contributed by atoms with van der Waals surface area (Å²) in [6, 6.07) is 10.3. The topological polar surface area (TPSA) is 78.4 Å². The quantitative estimate of drug-likeness (QED) is 0.706. The summed E-state index contributed by atoms with van der Waals surface area (Å²) < 4.78 is 0. The minimum atomic E-state index is -0.164. The molecule has 0 radical (unpaired) electrons. The van der Waals surface area contributed by atoms with Crippen LogP contribution in [0.2, 0.25) is 0 Å². The molecular weight excluding hydrogens is 390 g/mol. The monoisotopic (exact) mass is 423 g/mol. The fourth-order valence-corrected chi connectivity index (χ4v) is 3.88. The van der Waals surface area contributed by atoms with E-state index in [4.69, 9.17) is 4.98 Å². The molecule has 7 nitrogen and oxygen atoms in total. The van der Waals surface area contributed by atoms with E-state index in [0.717, 1.165) is 25.0 Å². The van der Waals surface area contributed by atoms with Crippen LogP contribution in [-0.2, 0) is 11.2 Å². The highest BCUT2D eigenvalue weighted by Crippen LogP contribution is 2.29. The zero-order chi connectivity index (χ0) is 22.4. The van der Waals surface area contributed by atoms with Crippen molar-refractivity contribution in [3.8, 4) is 0 Å². The van der Waals surface area contributed by atoms with Crippen molar-refractivity contribution in [1.29, 1.82) is 0 Å². The van der Waals surface area contributed by atoms with Crippen molar-refractivity contribution in [1.82, 2.24) is 20.2 Å². The van der Waals surface area contributed by atoms with E-state index < -0.39 is 0 Å². The van der Waals surface area contributed by atoms with Gasteiger partial charge in [0.25, 0.3) is 5.91 Å². The van der Waals surface area contributed by atoms with E-state index in [2.05, 4.69) is 22.4 Å². The Bertz CT molecular complexity index is 898. The van der Waals surface area contributed by atoms with E-state index >= 15 is 0 Å². The highest BCUT2D eigenvalue weighted by atomic mass is 16.2.